The van der Waals surface area contributed by atoms with E-state index in [-0.39, 0.29) is 5.97 Å². The minimum Gasteiger partial charge on any atom is -0.461 e. The average molecular weight is 324 g/mol. The number of esters is 1. The number of para-hydroxylation sites is 1. The summed E-state index contributed by atoms with van der Waals surface area (Å²) in [6, 6.07) is 7.91. The van der Waals surface area contributed by atoms with Gasteiger partial charge in [0.15, 0.2) is 0 Å². The second-order valence-electron chi connectivity index (χ2n) is 4.43. The molecule has 0 aliphatic carbocycles. The van der Waals surface area contributed by atoms with Crippen LogP contribution in [0.1, 0.15) is 37.2 Å². The maximum atomic E-state index is 12.1. The molecule has 0 fully saturated rings. The van der Waals surface area contributed by atoms with Gasteiger partial charge in [0.05, 0.1) is 12.1 Å². The summed E-state index contributed by atoms with van der Waals surface area (Å²) < 4.78 is 8.21. The quantitative estimate of drug-likeness (QED) is 0.764. The van der Waals surface area contributed by atoms with Crippen molar-refractivity contribution in [1.29, 1.82) is 0 Å². The van der Waals surface area contributed by atoms with Gasteiger partial charge in [0.2, 0.25) is 0 Å². The number of carbonyl (C=O) groups is 1. The summed E-state index contributed by atoms with van der Waals surface area (Å²) in [4.78, 5) is 12.1. The Labute approximate surface area is 121 Å². The molecule has 1 heterocycles. The number of carbonyl (C=O) groups excluding carboxylic acids is 1. The summed E-state index contributed by atoms with van der Waals surface area (Å²) in [6.45, 7) is 5.20. The number of aryl methyl sites for hydroxylation is 1. The Balaban J connectivity index is 2.55. The SMILES string of the molecule is CCCCn1c(C(=O)OCC)cc2cccc(Br)c21. The van der Waals surface area contributed by atoms with Gasteiger partial charge in [0, 0.05) is 16.4 Å². The number of fused-ring (bicyclic) bond motifs is 1. The van der Waals surface area contributed by atoms with Gasteiger partial charge in [-0.15, -0.1) is 0 Å². The molecule has 0 saturated heterocycles. The third-order valence-corrected chi connectivity index (χ3v) is 3.73. The minimum atomic E-state index is -0.248. The maximum Gasteiger partial charge on any atom is 0.354 e. The van der Waals surface area contributed by atoms with Gasteiger partial charge in [0.25, 0.3) is 0 Å². The molecule has 0 spiro atoms. The highest BCUT2D eigenvalue weighted by Gasteiger charge is 2.17. The van der Waals surface area contributed by atoms with E-state index in [1.165, 1.54) is 0 Å². The lowest BCUT2D eigenvalue weighted by molar-refractivity contribution is 0.0514. The first-order chi connectivity index (χ1) is 9.19. The number of benzene rings is 1. The van der Waals surface area contributed by atoms with Gasteiger partial charge in [-0.1, -0.05) is 25.5 Å². The summed E-state index contributed by atoms with van der Waals surface area (Å²) in [7, 11) is 0. The molecule has 0 N–H and O–H groups in total. The van der Waals surface area contributed by atoms with Crippen molar-refractivity contribution < 1.29 is 9.53 Å². The number of unbranched alkanes of at least 4 members (excludes halogenated alkanes) is 1. The van der Waals surface area contributed by atoms with Crippen molar-refractivity contribution in [3.05, 3.63) is 34.4 Å². The number of hydrogen-bond acceptors (Lipinski definition) is 2. The number of nitrogens with zero attached hydrogens (tertiary/aromatic N) is 1. The van der Waals surface area contributed by atoms with E-state index in [1.54, 1.807) is 0 Å². The molecule has 1 aromatic heterocycles. The summed E-state index contributed by atoms with van der Waals surface area (Å²) in [5.74, 6) is -0.248. The highest BCUT2D eigenvalue weighted by molar-refractivity contribution is 9.10. The van der Waals surface area contributed by atoms with Crippen LogP contribution in [0, 0.1) is 0 Å². The van der Waals surface area contributed by atoms with Crippen LogP contribution >= 0.6 is 15.9 Å². The third-order valence-electron chi connectivity index (χ3n) is 3.09. The van der Waals surface area contributed by atoms with Crippen molar-refractivity contribution in [1.82, 2.24) is 4.57 Å². The molecule has 102 valence electrons. The normalized spacial score (nSPS) is 10.9. The van der Waals surface area contributed by atoms with Gasteiger partial charge >= 0.3 is 5.97 Å². The smallest absolute Gasteiger partial charge is 0.354 e. The highest BCUT2D eigenvalue weighted by atomic mass is 79.9. The van der Waals surface area contributed by atoms with E-state index in [9.17, 15) is 4.79 Å². The molecular weight excluding hydrogens is 306 g/mol. The van der Waals surface area contributed by atoms with E-state index in [2.05, 4.69) is 27.4 Å². The number of hydrogen-bond donors (Lipinski definition) is 0. The second kappa shape index (κ2) is 6.24. The molecule has 0 unspecified atom stereocenters. The highest BCUT2D eigenvalue weighted by Crippen LogP contribution is 2.28. The van der Waals surface area contributed by atoms with Crippen molar-refractivity contribution in [3.8, 4) is 0 Å². The van der Waals surface area contributed by atoms with Crippen molar-refractivity contribution in [2.24, 2.45) is 0 Å². The van der Waals surface area contributed by atoms with Crippen molar-refractivity contribution in [2.45, 2.75) is 33.2 Å². The molecule has 2 rings (SSSR count). The Morgan fingerprint density at radius 1 is 1.37 bits per heavy atom. The zero-order chi connectivity index (χ0) is 13.8. The minimum absolute atomic E-state index is 0.248. The molecule has 3 nitrogen and oxygen atoms in total. The Morgan fingerprint density at radius 3 is 2.84 bits per heavy atom. The third kappa shape index (κ3) is 2.84. The van der Waals surface area contributed by atoms with Gasteiger partial charge in [-0.05, 0) is 41.4 Å². The first-order valence-electron chi connectivity index (χ1n) is 6.63. The van der Waals surface area contributed by atoms with E-state index in [4.69, 9.17) is 4.74 Å². The molecule has 4 heteroatoms. The largest absolute Gasteiger partial charge is 0.461 e. The van der Waals surface area contributed by atoms with Gasteiger partial charge in [-0.3, -0.25) is 0 Å². The van der Waals surface area contributed by atoms with Crippen LogP contribution in [0.3, 0.4) is 0 Å². The monoisotopic (exact) mass is 323 g/mol. The van der Waals surface area contributed by atoms with Gasteiger partial charge in [0.1, 0.15) is 5.69 Å². The first-order valence-corrected chi connectivity index (χ1v) is 7.43. The zero-order valence-electron chi connectivity index (χ0n) is 11.3. The Bertz CT molecular complexity index is 589. The molecule has 0 aliphatic heterocycles. The van der Waals surface area contributed by atoms with Crippen molar-refractivity contribution >= 4 is 32.8 Å². The fourth-order valence-electron chi connectivity index (χ4n) is 2.20. The number of aromatic nitrogens is 1. The van der Waals surface area contributed by atoms with E-state index >= 15 is 0 Å². The average Bonchev–Trinajstić information content (AvgIpc) is 2.77. The van der Waals surface area contributed by atoms with Crippen LogP contribution in [0.15, 0.2) is 28.7 Å². The van der Waals surface area contributed by atoms with Crippen LogP contribution in [0.2, 0.25) is 0 Å². The lowest BCUT2D eigenvalue weighted by Crippen LogP contribution is -2.12. The summed E-state index contributed by atoms with van der Waals surface area (Å²) in [5, 5.41) is 1.06. The number of halogens is 1. The van der Waals surface area contributed by atoms with Crippen LogP contribution < -0.4 is 0 Å². The van der Waals surface area contributed by atoms with E-state index in [0.717, 1.165) is 34.8 Å². The number of ether oxygens (including phenoxy) is 1. The van der Waals surface area contributed by atoms with Crippen molar-refractivity contribution in [3.63, 3.8) is 0 Å². The van der Waals surface area contributed by atoms with Gasteiger partial charge < -0.3 is 9.30 Å². The van der Waals surface area contributed by atoms with Crippen LogP contribution in [-0.4, -0.2) is 17.1 Å². The molecule has 19 heavy (non-hydrogen) atoms. The molecular formula is C15H18BrNO2. The summed E-state index contributed by atoms with van der Waals surface area (Å²) in [5.41, 5.74) is 1.70. The fraction of sp³-hybridized carbons (Fsp3) is 0.400. The standard InChI is InChI=1S/C15H18BrNO2/c1-3-5-9-17-13(15(18)19-4-2)10-11-7-6-8-12(16)14(11)17/h6-8,10H,3-5,9H2,1-2H3. The molecule has 0 saturated carbocycles. The molecule has 0 amide bonds. The topological polar surface area (TPSA) is 31.2 Å². The molecule has 0 radical (unpaired) electrons. The van der Waals surface area contributed by atoms with Crippen molar-refractivity contribution in [2.75, 3.05) is 6.61 Å². The first kappa shape index (κ1) is 14.1. The predicted molar refractivity (Wildman–Crippen MR) is 80.5 cm³/mol. The van der Waals surface area contributed by atoms with Gasteiger partial charge in [-0.25, -0.2) is 4.79 Å². The summed E-state index contributed by atoms with van der Waals surface area (Å²) in [6.07, 6.45) is 2.13. The lowest BCUT2D eigenvalue weighted by atomic mass is 10.2. The van der Waals surface area contributed by atoms with Crippen LogP contribution in [-0.2, 0) is 11.3 Å². The Kier molecular flexibility index (Phi) is 4.64. The fourth-order valence-corrected chi connectivity index (χ4v) is 2.80. The van der Waals surface area contributed by atoms with E-state index in [0.29, 0.717) is 12.3 Å². The lowest BCUT2D eigenvalue weighted by Gasteiger charge is -2.10. The molecule has 0 aliphatic rings. The zero-order valence-corrected chi connectivity index (χ0v) is 12.9. The van der Waals surface area contributed by atoms with E-state index < -0.39 is 0 Å². The molecule has 0 atom stereocenters. The molecule has 0 bridgehead atoms. The van der Waals surface area contributed by atoms with Crippen LogP contribution in [0.5, 0.6) is 0 Å². The Hall–Kier alpha value is -1.29. The van der Waals surface area contributed by atoms with Crippen LogP contribution in [0.4, 0.5) is 0 Å². The second-order valence-corrected chi connectivity index (χ2v) is 5.29. The van der Waals surface area contributed by atoms with Gasteiger partial charge in [-0.2, -0.15) is 0 Å². The molecule has 1 aromatic carbocycles. The van der Waals surface area contributed by atoms with E-state index in [1.807, 2.05) is 31.2 Å². The summed E-state index contributed by atoms with van der Waals surface area (Å²) >= 11 is 3.57. The Morgan fingerprint density at radius 2 is 2.16 bits per heavy atom. The maximum absolute atomic E-state index is 12.1. The predicted octanol–water partition coefficient (Wildman–Crippen LogP) is 4.38. The molecule has 2 aromatic rings. The number of rotatable bonds is 5. The van der Waals surface area contributed by atoms with Crippen LogP contribution in [0.25, 0.3) is 10.9 Å².